The van der Waals surface area contributed by atoms with Crippen molar-refractivity contribution in [3.63, 3.8) is 0 Å². The van der Waals surface area contributed by atoms with Gasteiger partial charge in [0.05, 0.1) is 12.3 Å². The van der Waals surface area contributed by atoms with Gasteiger partial charge in [-0.1, -0.05) is 30.8 Å². The number of thiophene rings is 1. The molecule has 3 aromatic rings. The van der Waals surface area contributed by atoms with E-state index in [-0.39, 0.29) is 12.0 Å². The topological polar surface area (TPSA) is 73.3 Å². The molecule has 1 amide bonds. The highest BCUT2D eigenvalue weighted by Crippen LogP contribution is 2.31. The largest absolute Gasteiger partial charge is 0.486 e. The summed E-state index contributed by atoms with van der Waals surface area (Å²) >= 11 is 3.10. The Morgan fingerprint density at radius 3 is 3.04 bits per heavy atom. The first kappa shape index (κ1) is 18.1. The molecule has 0 bridgehead atoms. The van der Waals surface area contributed by atoms with Crippen molar-refractivity contribution < 1.29 is 14.3 Å². The maximum Gasteiger partial charge on any atom is 0.230 e. The van der Waals surface area contributed by atoms with Crippen LogP contribution in [0.4, 0.5) is 0 Å². The second kappa shape index (κ2) is 8.14. The summed E-state index contributed by atoms with van der Waals surface area (Å²) < 4.78 is 11.5. The Morgan fingerprint density at radius 1 is 1.33 bits per heavy atom. The number of amides is 1. The van der Waals surface area contributed by atoms with Crippen molar-refractivity contribution in [2.45, 2.75) is 24.5 Å². The van der Waals surface area contributed by atoms with E-state index in [4.69, 9.17) is 9.47 Å². The Bertz CT molecular complexity index is 960. The van der Waals surface area contributed by atoms with Gasteiger partial charge >= 0.3 is 0 Å². The van der Waals surface area contributed by atoms with E-state index in [1.807, 2.05) is 24.3 Å². The molecule has 8 heteroatoms. The Hall–Kier alpha value is -2.32. The lowest BCUT2D eigenvalue weighted by molar-refractivity contribution is -0.119. The monoisotopic (exact) mass is 401 g/mol. The number of aromatic nitrogens is 2. The van der Waals surface area contributed by atoms with Gasteiger partial charge in [-0.05, 0) is 24.6 Å². The Labute approximate surface area is 165 Å². The van der Waals surface area contributed by atoms with Crippen molar-refractivity contribution in [3.05, 3.63) is 41.5 Å². The quantitative estimate of drug-likeness (QED) is 0.505. The van der Waals surface area contributed by atoms with Crippen molar-refractivity contribution in [1.29, 1.82) is 0 Å². The molecule has 3 heterocycles. The standard InChI is InChI=1S/C19H19N3O3S2/c1-2-13-7-14-18(21-11-22-19(14)27-13)26-10-17(23)20-8-12-9-24-15-5-3-4-6-16(15)25-12/h3-7,11-12H,2,8-10H2,1H3,(H,20,23)/t12-/m0/s1. The Balaban J connectivity index is 1.30. The van der Waals surface area contributed by atoms with Gasteiger partial charge in [0.2, 0.25) is 5.91 Å². The van der Waals surface area contributed by atoms with Crippen LogP contribution in [0.5, 0.6) is 11.5 Å². The lowest BCUT2D eigenvalue weighted by atomic mass is 10.2. The summed E-state index contributed by atoms with van der Waals surface area (Å²) in [4.78, 5) is 23.1. The van der Waals surface area contributed by atoms with Gasteiger partial charge in [-0.25, -0.2) is 9.97 Å². The fraction of sp³-hybridized carbons (Fsp3) is 0.316. The maximum absolute atomic E-state index is 12.2. The summed E-state index contributed by atoms with van der Waals surface area (Å²) in [6.07, 6.45) is 2.34. The molecule has 1 atom stereocenters. The van der Waals surface area contributed by atoms with Gasteiger partial charge in [-0.3, -0.25) is 4.79 Å². The smallest absolute Gasteiger partial charge is 0.230 e. The zero-order valence-electron chi connectivity index (χ0n) is 14.8. The summed E-state index contributed by atoms with van der Waals surface area (Å²) in [5, 5.41) is 4.78. The molecular weight excluding hydrogens is 382 g/mol. The minimum Gasteiger partial charge on any atom is -0.486 e. The van der Waals surface area contributed by atoms with Gasteiger partial charge in [0.15, 0.2) is 11.5 Å². The minimum atomic E-state index is -0.191. The molecule has 1 N–H and O–H groups in total. The van der Waals surface area contributed by atoms with E-state index in [2.05, 4.69) is 28.3 Å². The number of aryl methyl sites for hydroxylation is 1. The zero-order chi connectivity index (χ0) is 18.6. The van der Waals surface area contributed by atoms with E-state index in [0.29, 0.717) is 24.7 Å². The van der Waals surface area contributed by atoms with Crippen LogP contribution in [0.3, 0.4) is 0 Å². The van der Waals surface area contributed by atoms with Gasteiger partial charge in [-0.15, -0.1) is 11.3 Å². The fourth-order valence-corrected chi connectivity index (χ4v) is 4.55. The molecule has 0 unspecified atom stereocenters. The van der Waals surface area contributed by atoms with Crippen LogP contribution in [-0.2, 0) is 11.2 Å². The summed E-state index contributed by atoms with van der Waals surface area (Å²) in [5.41, 5.74) is 0. The first-order valence-corrected chi connectivity index (χ1v) is 10.5. The van der Waals surface area contributed by atoms with Gasteiger partial charge in [0.25, 0.3) is 0 Å². The molecule has 1 aliphatic rings. The third-order valence-electron chi connectivity index (χ3n) is 4.13. The summed E-state index contributed by atoms with van der Waals surface area (Å²) in [6.45, 7) is 2.95. The van der Waals surface area contributed by atoms with E-state index in [9.17, 15) is 4.79 Å². The van der Waals surface area contributed by atoms with Crippen molar-refractivity contribution in [3.8, 4) is 11.5 Å². The Kier molecular flexibility index (Phi) is 5.45. The number of thioether (sulfide) groups is 1. The number of hydrogen-bond donors (Lipinski definition) is 1. The van der Waals surface area contributed by atoms with E-state index in [1.54, 1.807) is 17.7 Å². The predicted octanol–water partition coefficient (Wildman–Crippen LogP) is 3.30. The van der Waals surface area contributed by atoms with E-state index < -0.39 is 0 Å². The highest BCUT2D eigenvalue weighted by molar-refractivity contribution is 8.00. The minimum absolute atomic E-state index is 0.0554. The predicted molar refractivity (Wildman–Crippen MR) is 107 cm³/mol. The number of benzene rings is 1. The van der Waals surface area contributed by atoms with E-state index in [1.165, 1.54) is 16.6 Å². The van der Waals surface area contributed by atoms with Crippen LogP contribution in [-0.4, -0.2) is 40.9 Å². The molecule has 0 spiro atoms. The van der Waals surface area contributed by atoms with Crippen molar-refractivity contribution in [2.24, 2.45) is 0 Å². The molecule has 0 aliphatic carbocycles. The molecule has 0 radical (unpaired) electrons. The van der Waals surface area contributed by atoms with Gasteiger partial charge in [0, 0.05) is 10.3 Å². The molecular formula is C19H19N3O3S2. The Morgan fingerprint density at radius 2 is 2.19 bits per heavy atom. The highest BCUT2D eigenvalue weighted by atomic mass is 32.2. The summed E-state index contributed by atoms with van der Waals surface area (Å²) in [6, 6.07) is 9.66. The van der Waals surface area contributed by atoms with Crippen LogP contribution >= 0.6 is 23.1 Å². The average Bonchev–Trinajstić information content (AvgIpc) is 3.14. The zero-order valence-corrected chi connectivity index (χ0v) is 16.4. The molecule has 2 aromatic heterocycles. The summed E-state index contributed by atoms with van der Waals surface area (Å²) in [5.74, 6) is 1.70. The van der Waals surface area contributed by atoms with Crippen LogP contribution in [0.15, 0.2) is 41.7 Å². The fourth-order valence-electron chi connectivity index (χ4n) is 2.75. The molecule has 140 valence electrons. The van der Waals surface area contributed by atoms with Crippen molar-refractivity contribution in [2.75, 3.05) is 18.9 Å². The lowest BCUT2D eigenvalue weighted by Gasteiger charge is -2.26. The molecule has 4 rings (SSSR count). The SMILES string of the molecule is CCc1cc2c(SCC(=O)NC[C@H]3COc4ccccc4O3)ncnc2s1. The highest BCUT2D eigenvalue weighted by Gasteiger charge is 2.21. The average molecular weight is 402 g/mol. The van der Waals surface area contributed by atoms with Crippen LogP contribution in [0.1, 0.15) is 11.8 Å². The number of nitrogens with one attached hydrogen (secondary N) is 1. The number of rotatable bonds is 6. The first-order chi connectivity index (χ1) is 13.2. The number of carbonyl (C=O) groups is 1. The molecule has 0 saturated carbocycles. The molecule has 6 nitrogen and oxygen atoms in total. The first-order valence-electron chi connectivity index (χ1n) is 8.74. The van der Waals surface area contributed by atoms with Crippen LogP contribution in [0.25, 0.3) is 10.2 Å². The third-order valence-corrected chi connectivity index (χ3v) is 6.32. The second-order valence-electron chi connectivity index (χ2n) is 6.05. The number of nitrogens with zero attached hydrogens (tertiary/aromatic N) is 2. The maximum atomic E-state index is 12.2. The molecule has 0 fully saturated rings. The number of hydrogen-bond acceptors (Lipinski definition) is 7. The number of ether oxygens (including phenoxy) is 2. The second-order valence-corrected chi connectivity index (χ2v) is 8.13. The van der Waals surface area contributed by atoms with Gasteiger partial charge in [-0.2, -0.15) is 0 Å². The number of fused-ring (bicyclic) bond motifs is 2. The van der Waals surface area contributed by atoms with Crippen molar-refractivity contribution >= 4 is 39.2 Å². The number of para-hydroxylation sites is 2. The summed E-state index contributed by atoms with van der Waals surface area (Å²) in [7, 11) is 0. The molecule has 1 aliphatic heterocycles. The molecule has 27 heavy (non-hydrogen) atoms. The van der Waals surface area contributed by atoms with Crippen LogP contribution < -0.4 is 14.8 Å². The van der Waals surface area contributed by atoms with Gasteiger partial charge < -0.3 is 14.8 Å². The van der Waals surface area contributed by atoms with Crippen molar-refractivity contribution in [1.82, 2.24) is 15.3 Å². The van der Waals surface area contributed by atoms with E-state index >= 15 is 0 Å². The molecule has 1 aromatic carbocycles. The van der Waals surface area contributed by atoms with E-state index in [0.717, 1.165) is 27.4 Å². The third kappa shape index (κ3) is 4.17. The normalized spacial score (nSPS) is 15.7. The number of carbonyl (C=O) groups excluding carboxylic acids is 1. The van der Waals surface area contributed by atoms with Crippen LogP contribution in [0, 0.1) is 0 Å². The lowest BCUT2D eigenvalue weighted by Crippen LogP contribution is -2.41. The van der Waals surface area contributed by atoms with Crippen LogP contribution in [0.2, 0.25) is 0 Å². The molecule has 0 saturated heterocycles. The van der Waals surface area contributed by atoms with Gasteiger partial charge in [0.1, 0.15) is 28.9 Å².